The number of benzene rings is 2. The van der Waals surface area contributed by atoms with E-state index in [2.05, 4.69) is 24.5 Å². The van der Waals surface area contributed by atoms with Crippen molar-refractivity contribution in [1.82, 2.24) is 10.6 Å². The van der Waals surface area contributed by atoms with Crippen molar-refractivity contribution in [3.63, 3.8) is 0 Å². The molecule has 0 heterocycles. The number of hydrogen-bond acceptors (Lipinski definition) is 12. The molecule has 0 saturated heterocycles. The molecule has 308 valence electrons. The standard InChI is InChI=1S/2C18H31NO4.C4H4O4/c2*1-4-9-21-10-11-22-13-16-5-7-18(8-6-16)23-14-17(20)12-19-15(2)3;5-3(6)1-2-4(7)8/h2*5-8,15,17,19-20H,4,9-14H2,1-3H3;1-2H,(H,5,6)(H,7,8)/b;;2-1+. The van der Waals surface area contributed by atoms with Crippen molar-refractivity contribution in [3.05, 3.63) is 71.8 Å². The number of carbonyl (C=O) groups is 2. The van der Waals surface area contributed by atoms with E-state index in [-0.39, 0.29) is 13.2 Å². The highest BCUT2D eigenvalue weighted by atomic mass is 16.5. The number of nitrogens with one attached hydrogen (secondary N) is 2. The van der Waals surface area contributed by atoms with Crippen LogP contribution in [0.5, 0.6) is 11.5 Å². The van der Waals surface area contributed by atoms with E-state index in [0.717, 1.165) is 48.7 Å². The number of rotatable bonds is 28. The molecule has 6 N–H and O–H groups in total. The fourth-order valence-electron chi connectivity index (χ4n) is 3.86. The average Bonchev–Trinajstić information content (AvgIpc) is 3.14. The van der Waals surface area contributed by atoms with E-state index in [1.54, 1.807) is 0 Å². The molecule has 0 spiro atoms. The molecule has 0 saturated carbocycles. The van der Waals surface area contributed by atoms with Crippen LogP contribution in [0.3, 0.4) is 0 Å². The maximum atomic E-state index is 9.80. The Balaban J connectivity index is 0.000000867. The zero-order valence-electron chi connectivity index (χ0n) is 33.0. The Labute approximate surface area is 321 Å². The summed E-state index contributed by atoms with van der Waals surface area (Å²) in [4.78, 5) is 19.1. The number of carboxylic acids is 2. The second-order valence-electron chi connectivity index (χ2n) is 12.7. The van der Waals surface area contributed by atoms with Crippen molar-refractivity contribution >= 4 is 11.9 Å². The van der Waals surface area contributed by atoms with Gasteiger partial charge in [0, 0.05) is 50.5 Å². The third-order valence-electron chi connectivity index (χ3n) is 6.60. The Morgan fingerprint density at radius 1 is 0.574 bits per heavy atom. The average molecular weight is 767 g/mol. The van der Waals surface area contributed by atoms with Gasteiger partial charge < -0.3 is 59.5 Å². The molecule has 0 aromatic heterocycles. The van der Waals surface area contributed by atoms with Crippen LogP contribution >= 0.6 is 0 Å². The van der Waals surface area contributed by atoms with Gasteiger partial charge in [-0.1, -0.05) is 65.8 Å². The van der Waals surface area contributed by atoms with Gasteiger partial charge in [-0.3, -0.25) is 0 Å². The van der Waals surface area contributed by atoms with Crippen molar-refractivity contribution in [2.75, 3.05) is 65.9 Å². The third-order valence-corrected chi connectivity index (χ3v) is 6.60. The zero-order chi connectivity index (χ0) is 40.4. The lowest BCUT2D eigenvalue weighted by atomic mass is 10.2. The first kappa shape index (κ1) is 50.4. The molecule has 0 aliphatic carbocycles. The van der Waals surface area contributed by atoms with Gasteiger partial charge in [0.15, 0.2) is 0 Å². The van der Waals surface area contributed by atoms with Gasteiger partial charge in [0.25, 0.3) is 0 Å². The molecule has 0 aliphatic rings. The predicted octanol–water partition coefficient (Wildman–Crippen LogP) is 4.45. The van der Waals surface area contributed by atoms with E-state index >= 15 is 0 Å². The van der Waals surface area contributed by atoms with Crippen LogP contribution < -0.4 is 20.1 Å². The molecule has 0 aliphatic heterocycles. The Bertz CT molecular complexity index is 1120. The van der Waals surface area contributed by atoms with Gasteiger partial charge in [-0.2, -0.15) is 0 Å². The number of aliphatic hydroxyl groups is 2. The lowest BCUT2D eigenvalue weighted by Crippen LogP contribution is -2.35. The number of hydrogen-bond donors (Lipinski definition) is 6. The molecule has 54 heavy (non-hydrogen) atoms. The molecule has 2 rings (SSSR count). The van der Waals surface area contributed by atoms with E-state index < -0.39 is 24.1 Å². The predicted molar refractivity (Wildman–Crippen MR) is 208 cm³/mol. The fraction of sp³-hybridized carbons (Fsp3) is 0.600. The maximum absolute atomic E-state index is 9.80. The van der Waals surface area contributed by atoms with E-state index in [1.165, 1.54) is 0 Å². The van der Waals surface area contributed by atoms with Crippen molar-refractivity contribution in [3.8, 4) is 11.5 Å². The number of aliphatic carboxylic acids is 2. The Morgan fingerprint density at radius 2 is 0.907 bits per heavy atom. The van der Waals surface area contributed by atoms with Crippen LogP contribution in [0.1, 0.15) is 65.5 Å². The highest BCUT2D eigenvalue weighted by Crippen LogP contribution is 2.14. The first-order chi connectivity index (χ1) is 25.9. The molecule has 2 unspecified atom stereocenters. The molecule has 2 atom stereocenters. The summed E-state index contributed by atoms with van der Waals surface area (Å²) in [6, 6.07) is 16.2. The molecular weight excluding hydrogens is 700 g/mol. The first-order valence-electron chi connectivity index (χ1n) is 18.6. The second kappa shape index (κ2) is 33.9. The minimum Gasteiger partial charge on any atom is -0.491 e. The Hall–Kier alpha value is -3.60. The summed E-state index contributed by atoms with van der Waals surface area (Å²) < 4.78 is 32.9. The molecule has 0 radical (unpaired) electrons. The van der Waals surface area contributed by atoms with Gasteiger partial charge in [-0.15, -0.1) is 0 Å². The van der Waals surface area contributed by atoms with Crippen molar-refractivity contribution in [2.45, 2.75) is 91.9 Å². The molecule has 2 aromatic rings. The van der Waals surface area contributed by atoms with Crippen LogP contribution in [0.15, 0.2) is 60.7 Å². The molecule has 14 heteroatoms. The van der Waals surface area contributed by atoms with Crippen LogP contribution in [0.2, 0.25) is 0 Å². The van der Waals surface area contributed by atoms with Gasteiger partial charge in [-0.05, 0) is 48.2 Å². The first-order valence-corrected chi connectivity index (χ1v) is 18.6. The largest absolute Gasteiger partial charge is 0.491 e. The number of aliphatic hydroxyl groups excluding tert-OH is 2. The van der Waals surface area contributed by atoms with Crippen molar-refractivity contribution in [2.24, 2.45) is 0 Å². The highest BCUT2D eigenvalue weighted by Gasteiger charge is 2.07. The maximum Gasteiger partial charge on any atom is 0.328 e. The summed E-state index contributed by atoms with van der Waals surface area (Å²) in [6.45, 7) is 19.2. The molecule has 2 aromatic carbocycles. The quantitative estimate of drug-likeness (QED) is 0.0526. The summed E-state index contributed by atoms with van der Waals surface area (Å²) in [6.07, 6.45) is 2.16. The van der Waals surface area contributed by atoms with Gasteiger partial charge >= 0.3 is 11.9 Å². The number of ether oxygens (including phenoxy) is 6. The summed E-state index contributed by atoms with van der Waals surface area (Å²) in [5.41, 5.74) is 2.18. The van der Waals surface area contributed by atoms with Crippen LogP contribution in [-0.4, -0.2) is 123 Å². The third kappa shape index (κ3) is 33.0. The monoisotopic (exact) mass is 766 g/mol. The van der Waals surface area contributed by atoms with E-state index in [0.29, 0.717) is 77.0 Å². The van der Waals surface area contributed by atoms with Gasteiger partial charge in [0.2, 0.25) is 0 Å². The second-order valence-corrected chi connectivity index (χ2v) is 12.7. The van der Waals surface area contributed by atoms with E-state index in [1.807, 2.05) is 76.2 Å². The molecule has 14 nitrogen and oxygen atoms in total. The number of carboxylic acid groups (broad SMARTS) is 2. The molecule has 0 amide bonds. The topological polar surface area (TPSA) is 194 Å². The molecule has 0 fully saturated rings. The summed E-state index contributed by atoms with van der Waals surface area (Å²) in [5.74, 6) is -1.01. The lowest BCUT2D eigenvalue weighted by Gasteiger charge is -2.15. The van der Waals surface area contributed by atoms with E-state index in [4.69, 9.17) is 38.6 Å². The zero-order valence-corrected chi connectivity index (χ0v) is 33.0. The van der Waals surface area contributed by atoms with Gasteiger partial charge in [0.05, 0.1) is 39.6 Å². The highest BCUT2D eigenvalue weighted by molar-refractivity contribution is 5.89. The van der Waals surface area contributed by atoms with E-state index in [9.17, 15) is 19.8 Å². The van der Waals surface area contributed by atoms with Crippen molar-refractivity contribution in [1.29, 1.82) is 0 Å². The summed E-state index contributed by atoms with van der Waals surface area (Å²) >= 11 is 0. The van der Waals surface area contributed by atoms with Crippen LogP contribution in [0, 0.1) is 0 Å². The van der Waals surface area contributed by atoms with Crippen LogP contribution in [0.25, 0.3) is 0 Å². The Morgan fingerprint density at radius 3 is 1.20 bits per heavy atom. The molecule has 0 bridgehead atoms. The smallest absolute Gasteiger partial charge is 0.328 e. The van der Waals surface area contributed by atoms with Crippen LogP contribution in [-0.2, 0) is 41.8 Å². The van der Waals surface area contributed by atoms with Crippen LogP contribution in [0.4, 0.5) is 0 Å². The fourth-order valence-corrected chi connectivity index (χ4v) is 3.86. The SMILES string of the molecule is CCCOCCOCc1ccc(OCC(O)CNC(C)C)cc1.CCCOCCOCc1ccc(OCC(O)CNC(C)C)cc1.O=C(O)/C=C/C(=O)O. The van der Waals surface area contributed by atoms with Gasteiger partial charge in [-0.25, -0.2) is 9.59 Å². The molecular formula is C40H66N2O12. The van der Waals surface area contributed by atoms with Crippen molar-refractivity contribution < 1.29 is 58.4 Å². The minimum atomic E-state index is -1.26. The lowest BCUT2D eigenvalue weighted by molar-refractivity contribution is -0.134. The normalized spacial score (nSPS) is 12.1. The summed E-state index contributed by atoms with van der Waals surface area (Å²) in [7, 11) is 0. The summed E-state index contributed by atoms with van der Waals surface area (Å²) in [5, 5.41) is 41.6. The van der Waals surface area contributed by atoms with Gasteiger partial charge in [0.1, 0.15) is 36.9 Å². The Kier molecular flexibility index (Phi) is 31.7. The minimum absolute atomic E-state index is 0.282.